The van der Waals surface area contributed by atoms with Crippen LogP contribution in [0, 0.1) is 5.92 Å². The summed E-state index contributed by atoms with van der Waals surface area (Å²) >= 11 is 0. The first-order chi connectivity index (χ1) is 13.8. The molecule has 2 aromatic rings. The normalized spacial score (nSPS) is 18.8. The predicted molar refractivity (Wildman–Crippen MR) is 106 cm³/mol. The third-order valence-electron chi connectivity index (χ3n) is 5.21. The number of nitrogens with zero attached hydrogens (tertiary/aromatic N) is 1. The van der Waals surface area contributed by atoms with Gasteiger partial charge in [0.1, 0.15) is 12.4 Å². The number of benzene rings is 2. The van der Waals surface area contributed by atoms with E-state index in [4.69, 9.17) is 4.74 Å². The summed E-state index contributed by atoms with van der Waals surface area (Å²) in [6.45, 7) is 2.45. The van der Waals surface area contributed by atoms with E-state index in [-0.39, 0.29) is 18.9 Å². The minimum atomic E-state index is -4.22. The SMILES string of the molecule is C[C@H](C(=O)Nc1ccc(OCc2ccccc2)cc1)N1CCC[C@H](C(F)(F)F)C1. The van der Waals surface area contributed by atoms with Gasteiger partial charge >= 0.3 is 6.18 Å². The number of piperidine rings is 1. The maximum atomic E-state index is 13.0. The van der Waals surface area contributed by atoms with E-state index in [9.17, 15) is 18.0 Å². The fraction of sp³-hybridized carbons (Fsp3) is 0.409. The van der Waals surface area contributed by atoms with E-state index in [2.05, 4.69) is 5.32 Å². The number of hydrogen-bond acceptors (Lipinski definition) is 3. The molecule has 2 atom stereocenters. The largest absolute Gasteiger partial charge is 0.489 e. The average Bonchev–Trinajstić information content (AvgIpc) is 2.73. The maximum Gasteiger partial charge on any atom is 0.393 e. The number of hydrogen-bond donors (Lipinski definition) is 1. The van der Waals surface area contributed by atoms with Crippen molar-refractivity contribution in [3.8, 4) is 5.75 Å². The minimum absolute atomic E-state index is 0.124. The van der Waals surface area contributed by atoms with Crippen LogP contribution in [-0.2, 0) is 11.4 Å². The first kappa shape index (κ1) is 21.2. The molecule has 1 aliphatic rings. The highest BCUT2D eigenvalue weighted by Gasteiger charge is 2.43. The smallest absolute Gasteiger partial charge is 0.393 e. The van der Waals surface area contributed by atoms with Crippen LogP contribution in [0.5, 0.6) is 5.75 Å². The van der Waals surface area contributed by atoms with Crippen LogP contribution in [0.1, 0.15) is 25.3 Å². The van der Waals surface area contributed by atoms with Crippen LogP contribution in [0.25, 0.3) is 0 Å². The summed E-state index contributed by atoms with van der Waals surface area (Å²) in [7, 11) is 0. The van der Waals surface area contributed by atoms with Gasteiger partial charge in [0.2, 0.25) is 5.91 Å². The maximum absolute atomic E-state index is 13.0. The van der Waals surface area contributed by atoms with Gasteiger partial charge in [0.25, 0.3) is 0 Å². The van der Waals surface area contributed by atoms with Crippen molar-refractivity contribution in [3.05, 3.63) is 60.2 Å². The van der Waals surface area contributed by atoms with Crippen molar-refractivity contribution in [2.24, 2.45) is 5.92 Å². The van der Waals surface area contributed by atoms with Crippen LogP contribution in [0.4, 0.5) is 18.9 Å². The number of anilines is 1. The number of carbonyl (C=O) groups is 1. The number of nitrogens with one attached hydrogen (secondary N) is 1. The van der Waals surface area contributed by atoms with Gasteiger partial charge in [0, 0.05) is 12.2 Å². The molecule has 0 radical (unpaired) electrons. The van der Waals surface area contributed by atoms with Crippen molar-refractivity contribution in [3.63, 3.8) is 0 Å². The summed E-state index contributed by atoms with van der Waals surface area (Å²) in [4.78, 5) is 14.1. The van der Waals surface area contributed by atoms with Crippen molar-refractivity contribution >= 4 is 11.6 Å². The van der Waals surface area contributed by atoms with Crippen LogP contribution in [0.3, 0.4) is 0 Å². The van der Waals surface area contributed by atoms with E-state index in [1.54, 1.807) is 36.1 Å². The van der Waals surface area contributed by atoms with Gasteiger partial charge in [-0.15, -0.1) is 0 Å². The lowest BCUT2D eigenvalue weighted by Crippen LogP contribution is -2.49. The summed E-state index contributed by atoms with van der Waals surface area (Å²) in [5.41, 5.74) is 1.63. The summed E-state index contributed by atoms with van der Waals surface area (Å²) in [5, 5.41) is 2.78. The number of alkyl halides is 3. The number of halogens is 3. The van der Waals surface area contributed by atoms with Gasteiger partial charge in [0.15, 0.2) is 0 Å². The highest BCUT2D eigenvalue weighted by atomic mass is 19.4. The molecule has 3 rings (SSSR count). The van der Waals surface area contributed by atoms with Gasteiger partial charge in [-0.05, 0) is 56.1 Å². The van der Waals surface area contributed by atoms with Crippen LogP contribution < -0.4 is 10.1 Å². The Kier molecular flexibility index (Phi) is 6.79. The molecule has 29 heavy (non-hydrogen) atoms. The van der Waals surface area contributed by atoms with E-state index >= 15 is 0 Å². The van der Waals surface area contributed by atoms with Crippen LogP contribution >= 0.6 is 0 Å². The Morgan fingerprint density at radius 1 is 1.17 bits per heavy atom. The molecule has 1 N–H and O–H groups in total. The van der Waals surface area contributed by atoms with Crippen molar-refractivity contribution < 1.29 is 22.7 Å². The zero-order chi connectivity index (χ0) is 20.9. The fourth-order valence-corrected chi connectivity index (χ4v) is 3.41. The molecule has 1 amide bonds. The molecule has 0 aromatic heterocycles. The molecule has 0 unspecified atom stereocenters. The second kappa shape index (κ2) is 9.31. The van der Waals surface area contributed by atoms with Gasteiger partial charge < -0.3 is 10.1 Å². The van der Waals surface area contributed by atoms with E-state index in [0.29, 0.717) is 31.0 Å². The standard InChI is InChI=1S/C22H25F3N2O2/c1-16(27-13-5-8-18(14-27)22(23,24)25)21(28)26-19-9-11-20(12-10-19)29-15-17-6-3-2-4-7-17/h2-4,6-7,9-12,16,18H,5,8,13-15H2,1H3,(H,26,28)/t16-,18+/m1/s1. The number of likely N-dealkylation sites (tertiary alicyclic amines) is 1. The zero-order valence-corrected chi connectivity index (χ0v) is 16.3. The second-order valence-electron chi connectivity index (χ2n) is 7.34. The van der Waals surface area contributed by atoms with Crippen LogP contribution in [0.2, 0.25) is 0 Å². The van der Waals surface area contributed by atoms with Gasteiger partial charge in [-0.2, -0.15) is 13.2 Å². The summed E-state index contributed by atoms with van der Waals surface area (Å²) in [6.07, 6.45) is -3.65. The third kappa shape index (κ3) is 5.97. The quantitative estimate of drug-likeness (QED) is 0.744. The monoisotopic (exact) mass is 406 g/mol. The van der Waals surface area contributed by atoms with E-state index in [1.807, 2.05) is 30.3 Å². The molecule has 0 spiro atoms. The Bertz CT molecular complexity index is 794. The summed E-state index contributed by atoms with van der Waals surface area (Å²) in [6, 6.07) is 16.1. The molecular formula is C22H25F3N2O2. The lowest BCUT2D eigenvalue weighted by molar-refractivity contribution is -0.188. The first-order valence-corrected chi connectivity index (χ1v) is 9.71. The lowest BCUT2D eigenvalue weighted by Gasteiger charge is -2.36. The highest BCUT2D eigenvalue weighted by molar-refractivity contribution is 5.94. The van der Waals surface area contributed by atoms with Gasteiger partial charge in [-0.1, -0.05) is 30.3 Å². The Morgan fingerprint density at radius 3 is 2.52 bits per heavy atom. The number of carbonyl (C=O) groups excluding carboxylic acids is 1. The predicted octanol–water partition coefficient (Wildman–Crippen LogP) is 4.87. The number of ether oxygens (including phenoxy) is 1. The Morgan fingerprint density at radius 2 is 1.86 bits per heavy atom. The molecule has 0 bridgehead atoms. The lowest BCUT2D eigenvalue weighted by atomic mass is 9.96. The molecule has 1 saturated heterocycles. The average molecular weight is 406 g/mol. The first-order valence-electron chi connectivity index (χ1n) is 9.71. The van der Waals surface area contributed by atoms with E-state index in [0.717, 1.165) is 5.56 Å². The topological polar surface area (TPSA) is 41.6 Å². The molecule has 7 heteroatoms. The molecule has 1 aliphatic heterocycles. The van der Waals surface area contributed by atoms with Gasteiger partial charge in [-0.25, -0.2) is 0 Å². The highest BCUT2D eigenvalue weighted by Crippen LogP contribution is 2.33. The Balaban J connectivity index is 1.52. The molecule has 156 valence electrons. The molecule has 0 aliphatic carbocycles. The fourth-order valence-electron chi connectivity index (χ4n) is 3.41. The third-order valence-corrected chi connectivity index (χ3v) is 5.21. The summed E-state index contributed by atoms with van der Waals surface area (Å²) in [5.74, 6) is -1.01. The number of amides is 1. The van der Waals surface area contributed by atoms with Gasteiger partial charge in [-0.3, -0.25) is 9.69 Å². The van der Waals surface area contributed by atoms with E-state index < -0.39 is 18.1 Å². The van der Waals surface area contributed by atoms with Crippen molar-refractivity contribution in [2.45, 2.75) is 38.6 Å². The number of rotatable bonds is 6. The zero-order valence-electron chi connectivity index (χ0n) is 16.3. The van der Waals surface area contributed by atoms with Crippen molar-refractivity contribution in [1.29, 1.82) is 0 Å². The molecule has 4 nitrogen and oxygen atoms in total. The Labute approximate surface area is 168 Å². The Hall–Kier alpha value is -2.54. The molecule has 1 heterocycles. The van der Waals surface area contributed by atoms with E-state index in [1.165, 1.54) is 0 Å². The van der Waals surface area contributed by atoms with Crippen LogP contribution in [-0.4, -0.2) is 36.1 Å². The van der Waals surface area contributed by atoms with Crippen molar-refractivity contribution in [1.82, 2.24) is 4.90 Å². The van der Waals surface area contributed by atoms with Crippen molar-refractivity contribution in [2.75, 3.05) is 18.4 Å². The minimum Gasteiger partial charge on any atom is -0.489 e. The molecule has 1 fully saturated rings. The van der Waals surface area contributed by atoms with Gasteiger partial charge in [0.05, 0.1) is 12.0 Å². The molecule has 2 aromatic carbocycles. The van der Waals surface area contributed by atoms with Crippen LogP contribution in [0.15, 0.2) is 54.6 Å². The second-order valence-corrected chi connectivity index (χ2v) is 7.34. The molecular weight excluding hydrogens is 381 g/mol. The summed E-state index contributed by atoms with van der Waals surface area (Å²) < 4.78 is 44.7. The molecule has 0 saturated carbocycles.